The van der Waals surface area contributed by atoms with Crippen LogP contribution in [0.4, 0.5) is 4.79 Å². The van der Waals surface area contributed by atoms with Crippen LogP contribution >= 0.6 is 0 Å². The molecule has 4 rings (SSSR count). The second kappa shape index (κ2) is 7.75. The van der Waals surface area contributed by atoms with Crippen LogP contribution in [-0.2, 0) is 16.0 Å². The second-order valence-corrected chi connectivity index (χ2v) is 8.79. The Balaban J connectivity index is 1.42. The Kier molecular flexibility index (Phi) is 5.27. The number of carbonyl (C=O) groups excluding carboxylic acids is 3. The summed E-state index contributed by atoms with van der Waals surface area (Å²) >= 11 is 0. The monoisotopic (exact) mass is 411 g/mol. The highest BCUT2D eigenvalue weighted by Gasteiger charge is 2.54. The lowest BCUT2D eigenvalue weighted by atomic mass is 9.85. The van der Waals surface area contributed by atoms with Gasteiger partial charge in [-0.3, -0.25) is 14.9 Å². The van der Waals surface area contributed by atoms with Gasteiger partial charge in [-0.2, -0.15) is 0 Å². The fraction of sp³-hybridized carbons (Fsp3) is 0.500. The van der Waals surface area contributed by atoms with E-state index in [9.17, 15) is 14.4 Å². The Bertz CT molecular complexity index is 974. The fourth-order valence-electron chi connectivity index (χ4n) is 4.67. The van der Waals surface area contributed by atoms with Crippen molar-refractivity contribution in [2.45, 2.75) is 44.7 Å². The number of benzene rings is 1. The molecule has 1 atom stereocenters. The number of fused-ring (bicyclic) bond motifs is 1. The molecule has 2 saturated heterocycles. The molecule has 4 amide bonds. The van der Waals surface area contributed by atoms with E-state index in [1.165, 1.54) is 0 Å². The van der Waals surface area contributed by atoms with Gasteiger partial charge in [-0.25, -0.2) is 4.79 Å². The van der Waals surface area contributed by atoms with Gasteiger partial charge in [0.25, 0.3) is 5.91 Å². The number of hydrogen-bond donors (Lipinski definition) is 3. The molecule has 8 nitrogen and oxygen atoms in total. The lowest BCUT2D eigenvalue weighted by Crippen LogP contribution is -2.59. The number of nitrogens with one attached hydrogen (secondary N) is 2. The second-order valence-electron chi connectivity index (χ2n) is 8.79. The Labute approximate surface area is 175 Å². The summed E-state index contributed by atoms with van der Waals surface area (Å²) in [7, 11) is 0. The SMILES string of the molecule is CC(C)CN1C(=O)NC(=O)C12CCN(C(=O)[C@H](N)Cc1c[nH]c3ccccc13)CC2. The number of aromatic nitrogens is 1. The Morgan fingerprint density at radius 3 is 2.60 bits per heavy atom. The first kappa shape index (κ1) is 20.4. The quantitative estimate of drug-likeness (QED) is 0.649. The minimum Gasteiger partial charge on any atom is -0.361 e. The van der Waals surface area contributed by atoms with Crippen LogP contribution in [0.3, 0.4) is 0 Å². The van der Waals surface area contributed by atoms with Gasteiger partial charge in [0.05, 0.1) is 6.04 Å². The summed E-state index contributed by atoms with van der Waals surface area (Å²) in [6, 6.07) is 6.96. The van der Waals surface area contributed by atoms with E-state index >= 15 is 0 Å². The number of likely N-dealkylation sites (tertiary alicyclic amines) is 1. The summed E-state index contributed by atoms with van der Waals surface area (Å²) in [6.45, 7) is 5.38. The number of carbonyl (C=O) groups is 3. The predicted molar refractivity (Wildman–Crippen MR) is 114 cm³/mol. The predicted octanol–water partition coefficient (Wildman–Crippen LogP) is 1.61. The number of rotatable bonds is 5. The highest BCUT2D eigenvalue weighted by atomic mass is 16.2. The first-order valence-electron chi connectivity index (χ1n) is 10.5. The zero-order valence-electron chi connectivity index (χ0n) is 17.5. The summed E-state index contributed by atoms with van der Waals surface area (Å²) in [4.78, 5) is 44.5. The number of urea groups is 1. The van der Waals surface area contributed by atoms with Crippen molar-refractivity contribution >= 4 is 28.7 Å². The van der Waals surface area contributed by atoms with Crippen LogP contribution in [0.25, 0.3) is 10.9 Å². The number of para-hydroxylation sites is 1. The van der Waals surface area contributed by atoms with Gasteiger partial charge >= 0.3 is 6.03 Å². The zero-order valence-corrected chi connectivity index (χ0v) is 17.5. The maximum absolute atomic E-state index is 13.0. The van der Waals surface area contributed by atoms with Gasteiger partial charge in [0.2, 0.25) is 5.91 Å². The van der Waals surface area contributed by atoms with Crippen LogP contribution in [0.1, 0.15) is 32.3 Å². The van der Waals surface area contributed by atoms with E-state index in [4.69, 9.17) is 5.73 Å². The molecule has 2 aromatic rings. The molecule has 0 bridgehead atoms. The normalized spacial score (nSPS) is 19.7. The van der Waals surface area contributed by atoms with Gasteiger partial charge in [-0.15, -0.1) is 0 Å². The number of imide groups is 1. The molecule has 0 radical (unpaired) electrons. The summed E-state index contributed by atoms with van der Waals surface area (Å²) in [5.74, 6) is -0.110. The summed E-state index contributed by atoms with van der Waals surface area (Å²) in [5, 5.41) is 3.54. The molecule has 3 heterocycles. The highest BCUT2D eigenvalue weighted by Crippen LogP contribution is 2.34. The van der Waals surface area contributed by atoms with Gasteiger partial charge in [-0.1, -0.05) is 32.0 Å². The standard InChI is InChI=1S/C22H29N5O3/c1-14(2)13-27-21(30)25-20(29)22(27)7-9-26(10-8-22)19(28)17(23)11-15-12-24-18-6-4-3-5-16(15)18/h3-6,12,14,17,24H,7-11,13,23H2,1-2H3,(H,25,29,30)/t17-/m1/s1. The van der Waals surface area contributed by atoms with Crippen molar-refractivity contribution in [2.24, 2.45) is 11.7 Å². The van der Waals surface area contributed by atoms with Crippen molar-refractivity contribution in [1.29, 1.82) is 0 Å². The maximum atomic E-state index is 13.0. The van der Waals surface area contributed by atoms with Gasteiger partial charge in [0.1, 0.15) is 5.54 Å². The van der Waals surface area contributed by atoms with E-state index in [1.807, 2.05) is 44.3 Å². The summed E-state index contributed by atoms with van der Waals surface area (Å²) in [5.41, 5.74) is 7.46. The molecule has 2 aliphatic rings. The lowest BCUT2D eigenvalue weighted by Gasteiger charge is -2.43. The lowest BCUT2D eigenvalue weighted by molar-refractivity contribution is -0.139. The first-order valence-corrected chi connectivity index (χ1v) is 10.5. The molecule has 0 unspecified atom stereocenters. The third-order valence-corrected chi connectivity index (χ3v) is 6.29. The van der Waals surface area contributed by atoms with E-state index in [-0.39, 0.29) is 23.8 Å². The Hall–Kier alpha value is -2.87. The van der Waals surface area contributed by atoms with Crippen molar-refractivity contribution in [1.82, 2.24) is 20.1 Å². The average molecular weight is 412 g/mol. The van der Waals surface area contributed by atoms with Crippen LogP contribution < -0.4 is 11.1 Å². The van der Waals surface area contributed by atoms with Crippen LogP contribution in [0.2, 0.25) is 0 Å². The maximum Gasteiger partial charge on any atom is 0.325 e. The number of hydrogen-bond acceptors (Lipinski definition) is 4. The van der Waals surface area contributed by atoms with E-state index in [0.717, 1.165) is 16.5 Å². The van der Waals surface area contributed by atoms with Crippen LogP contribution in [0.5, 0.6) is 0 Å². The molecule has 2 aliphatic heterocycles. The van der Waals surface area contributed by atoms with Gasteiger partial charge in [0, 0.05) is 36.7 Å². The third kappa shape index (κ3) is 3.45. The van der Waals surface area contributed by atoms with E-state index in [0.29, 0.717) is 38.9 Å². The minimum absolute atomic E-state index is 0.115. The number of nitrogens with two attached hydrogens (primary N) is 1. The molecule has 2 fully saturated rings. The van der Waals surface area contributed by atoms with Crippen molar-refractivity contribution in [2.75, 3.05) is 19.6 Å². The molecule has 1 spiro atoms. The average Bonchev–Trinajstić information content (AvgIpc) is 3.22. The molecule has 0 aliphatic carbocycles. The number of amides is 4. The zero-order chi connectivity index (χ0) is 21.5. The van der Waals surface area contributed by atoms with Gasteiger partial charge in [0.15, 0.2) is 0 Å². The number of piperidine rings is 1. The molecular formula is C22H29N5O3. The van der Waals surface area contributed by atoms with Crippen molar-refractivity contribution < 1.29 is 14.4 Å². The van der Waals surface area contributed by atoms with Crippen LogP contribution in [0.15, 0.2) is 30.5 Å². The molecule has 160 valence electrons. The summed E-state index contributed by atoms with van der Waals surface area (Å²) < 4.78 is 0. The van der Waals surface area contributed by atoms with Crippen molar-refractivity contribution in [3.63, 3.8) is 0 Å². The van der Waals surface area contributed by atoms with Crippen molar-refractivity contribution in [3.8, 4) is 0 Å². The van der Waals surface area contributed by atoms with Gasteiger partial charge in [-0.05, 0) is 36.8 Å². The van der Waals surface area contributed by atoms with Crippen molar-refractivity contribution in [3.05, 3.63) is 36.0 Å². The number of H-pyrrole nitrogens is 1. The molecule has 1 aromatic carbocycles. The molecule has 8 heteroatoms. The fourth-order valence-corrected chi connectivity index (χ4v) is 4.67. The smallest absolute Gasteiger partial charge is 0.325 e. The van der Waals surface area contributed by atoms with Gasteiger partial charge < -0.3 is 20.5 Å². The molecule has 1 aromatic heterocycles. The Morgan fingerprint density at radius 1 is 1.20 bits per heavy atom. The number of nitrogens with zero attached hydrogens (tertiary/aromatic N) is 2. The topological polar surface area (TPSA) is 112 Å². The first-order chi connectivity index (χ1) is 14.3. The molecule has 30 heavy (non-hydrogen) atoms. The van der Waals surface area contributed by atoms with E-state index < -0.39 is 11.6 Å². The van der Waals surface area contributed by atoms with Crippen LogP contribution in [0, 0.1) is 5.92 Å². The summed E-state index contributed by atoms with van der Waals surface area (Å²) in [6.07, 6.45) is 3.22. The molecule has 0 saturated carbocycles. The molecule has 4 N–H and O–H groups in total. The highest BCUT2D eigenvalue weighted by molar-refractivity contribution is 6.07. The van der Waals surface area contributed by atoms with E-state index in [1.54, 1.807) is 9.80 Å². The third-order valence-electron chi connectivity index (χ3n) is 6.29. The largest absolute Gasteiger partial charge is 0.361 e. The molecular weight excluding hydrogens is 382 g/mol. The Morgan fingerprint density at radius 2 is 1.90 bits per heavy atom. The number of aromatic amines is 1. The minimum atomic E-state index is -0.848. The van der Waals surface area contributed by atoms with Crippen LogP contribution in [-0.4, -0.2) is 63.8 Å². The van der Waals surface area contributed by atoms with E-state index in [2.05, 4.69) is 10.3 Å².